The summed E-state index contributed by atoms with van der Waals surface area (Å²) in [5, 5.41) is 11.4. The molecule has 0 fully saturated rings. The zero-order chi connectivity index (χ0) is 15.3. The topological polar surface area (TPSA) is 69.6 Å². The lowest BCUT2D eigenvalue weighted by Gasteiger charge is -2.21. The minimum absolute atomic E-state index is 0.102. The van der Waals surface area contributed by atoms with Gasteiger partial charge in [0, 0.05) is 18.6 Å². The van der Waals surface area contributed by atoms with Gasteiger partial charge in [0.05, 0.1) is 12.5 Å². The van der Waals surface area contributed by atoms with Crippen LogP contribution >= 0.6 is 11.6 Å². The van der Waals surface area contributed by atoms with Crippen LogP contribution in [0.1, 0.15) is 24.9 Å². The van der Waals surface area contributed by atoms with E-state index in [2.05, 4.69) is 5.32 Å². The van der Waals surface area contributed by atoms with Gasteiger partial charge in [0.1, 0.15) is 5.82 Å². The predicted molar refractivity (Wildman–Crippen MR) is 73.2 cm³/mol. The number of amides is 2. The summed E-state index contributed by atoms with van der Waals surface area (Å²) in [5.41, 5.74) is 0.591. The van der Waals surface area contributed by atoms with E-state index < -0.39 is 23.9 Å². The van der Waals surface area contributed by atoms with Crippen molar-refractivity contribution in [3.8, 4) is 0 Å². The first-order valence-corrected chi connectivity index (χ1v) is 6.37. The summed E-state index contributed by atoms with van der Waals surface area (Å²) in [4.78, 5) is 23.5. The normalized spacial score (nSPS) is 11.8. The van der Waals surface area contributed by atoms with Gasteiger partial charge in [0.15, 0.2) is 0 Å². The molecule has 2 N–H and O–H groups in total. The van der Waals surface area contributed by atoms with E-state index in [0.29, 0.717) is 5.56 Å². The van der Waals surface area contributed by atoms with Gasteiger partial charge in [-0.3, -0.25) is 4.79 Å². The molecule has 7 heteroatoms. The molecule has 5 nitrogen and oxygen atoms in total. The summed E-state index contributed by atoms with van der Waals surface area (Å²) in [7, 11) is 1.50. The van der Waals surface area contributed by atoms with E-state index in [-0.39, 0.29) is 18.0 Å². The second kappa shape index (κ2) is 7.09. The van der Waals surface area contributed by atoms with Crippen molar-refractivity contribution in [2.24, 2.45) is 0 Å². The standard InChI is InChI=1S/C13H16ClFN2O3/c1-8(10-4-3-9(15)7-11(10)14)16-13(20)17(2)6-5-12(18)19/h3-4,7-8H,5-6H2,1-2H3,(H,16,20)(H,18,19)/t8-/m1/s1. The van der Waals surface area contributed by atoms with Crippen LogP contribution in [0.25, 0.3) is 0 Å². The minimum Gasteiger partial charge on any atom is -0.481 e. The molecule has 110 valence electrons. The number of carbonyl (C=O) groups is 2. The summed E-state index contributed by atoms with van der Waals surface area (Å²) in [5.74, 6) is -1.42. The molecule has 0 aliphatic rings. The summed E-state index contributed by atoms with van der Waals surface area (Å²) >= 11 is 5.91. The summed E-state index contributed by atoms with van der Waals surface area (Å²) in [6.07, 6.45) is -0.129. The van der Waals surface area contributed by atoms with Gasteiger partial charge in [-0.15, -0.1) is 0 Å². The van der Waals surface area contributed by atoms with Crippen LogP contribution in [0.5, 0.6) is 0 Å². The van der Waals surface area contributed by atoms with Crippen molar-refractivity contribution in [1.29, 1.82) is 0 Å². The van der Waals surface area contributed by atoms with Crippen molar-refractivity contribution in [2.75, 3.05) is 13.6 Å². The summed E-state index contributed by atoms with van der Waals surface area (Å²) in [6.45, 7) is 1.81. The SMILES string of the molecule is C[C@@H](NC(=O)N(C)CCC(=O)O)c1ccc(F)cc1Cl. The smallest absolute Gasteiger partial charge is 0.317 e. The lowest BCUT2D eigenvalue weighted by Crippen LogP contribution is -2.39. The molecule has 1 aromatic carbocycles. The van der Waals surface area contributed by atoms with Crippen LogP contribution < -0.4 is 5.32 Å². The molecule has 0 aliphatic heterocycles. The second-order valence-corrected chi connectivity index (χ2v) is 4.81. The van der Waals surface area contributed by atoms with Gasteiger partial charge >= 0.3 is 12.0 Å². The van der Waals surface area contributed by atoms with E-state index in [9.17, 15) is 14.0 Å². The highest BCUT2D eigenvalue weighted by Gasteiger charge is 2.16. The minimum atomic E-state index is -0.973. The van der Waals surface area contributed by atoms with Gasteiger partial charge in [-0.2, -0.15) is 0 Å². The molecule has 20 heavy (non-hydrogen) atoms. The highest BCUT2D eigenvalue weighted by atomic mass is 35.5. The number of rotatable bonds is 5. The third-order valence-electron chi connectivity index (χ3n) is 2.78. The Balaban J connectivity index is 2.63. The predicted octanol–water partition coefficient (Wildman–Crippen LogP) is 2.66. The van der Waals surface area contributed by atoms with Gasteiger partial charge in [0.25, 0.3) is 0 Å². The van der Waals surface area contributed by atoms with Crippen LogP contribution in [0.4, 0.5) is 9.18 Å². The molecule has 0 aliphatic carbocycles. The van der Waals surface area contributed by atoms with E-state index >= 15 is 0 Å². The highest BCUT2D eigenvalue weighted by Crippen LogP contribution is 2.23. The zero-order valence-electron chi connectivity index (χ0n) is 11.2. The van der Waals surface area contributed by atoms with Crippen molar-refractivity contribution >= 4 is 23.6 Å². The highest BCUT2D eigenvalue weighted by molar-refractivity contribution is 6.31. The Kier molecular flexibility index (Phi) is 5.76. The molecule has 0 unspecified atom stereocenters. The number of halogens is 2. The van der Waals surface area contributed by atoms with Crippen LogP contribution in [0.15, 0.2) is 18.2 Å². The lowest BCUT2D eigenvalue weighted by molar-refractivity contribution is -0.137. The number of nitrogens with zero attached hydrogens (tertiary/aromatic N) is 1. The Hall–Kier alpha value is -1.82. The molecule has 0 saturated carbocycles. The average molecular weight is 303 g/mol. The van der Waals surface area contributed by atoms with Gasteiger partial charge in [-0.05, 0) is 24.6 Å². The van der Waals surface area contributed by atoms with Crippen molar-refractivity contribution in [3.05, 3.63) is 34.6 Å². The first-order valence-electron chi connectivity index (χ1n) is 5.99. The van der Waals surface area contributed by atoms with Crippen LogP contribution in [0, 0.1) is 5.82 Å². The van der Waals surface area contributed by atoms with E-state index in [1.165, 1.54) is 30.1 Å². The Bertz CT molecular complexity index is 510. The lowest BCUT2D eigenvalue weighted by atomic mass is 10.1. The monoisotopic (exact) mass is 302 g/mol. The second-order valence-electron chi connectivity index (χ2n) is 4.40. The largest absolute Gasteiger partial charge is 0.481 e. The Morgan fingerprint density at radius 3 is 2.70 bits per heavy atom. The first kappa shape index (κ1) is 16.2. The number of benzene rings is 1. The van der Waals surface area contributed by atoms with Gasteiger partial charge in [-0.1, -0.05) is 17.7 Å². The first-order chi connectivity index (χ1) is 9.31. The van der Waals surface area contributed by atoms with Crippen molar-refractivity contribution in [1.82, 2.24) is 10.2 Å². The molecule has 0 bridgehead atoms. The maximum absolute atomic E-state index is 12.9. The number of carbonyl (C=O) groups excluding carboxylic acids is 1. The van der Waals surface area contributed by atoms with E-state index in [4.69, 9.17) is 16.7 Å². The van der Waals surface area contributed by atoms with E-state index in [1.807, 2.05) is 0 Å². The molecule has 0 heterocycles. The van der Waals surface area contributed by atoms with Crippen LogP contribution in [-0.2, 0) is 4.79 Å². The molecular weight excluding hydrogens is 287 g/mol. The maximum Gasteiger partial charge on any atom is 0.317 e. The van der Waals surface area contributed by atoms with Crippen LogP contribution in [-0.4, -0.2) is 35.6 Å². The quantitative estimate of drug-likeness (QED) is 0.878. The molecule has 2 amide bonds. The van der Waals surface area contributed by atoms with Crippen LogP contribution in [0.2, 0.25) is 5.02 Å². The maximum atomic E-state index is 12.9. The number of nitrogens with one attached hydrogen (secondary N) is 1. The van der Waals surface area contributed by atoms with Crippen LogP contribution in [0.3, 0.4) is 0 Å². The van der Waals surface area contributed by atoms with Gasteiger partial charge in [-0.25, -0.2) is 9.18 Å². The molecule has 0 saturated heterocycles. The summed E-state index contributed by atoms with van der Waals surface area (Å²) in [6, 6.07) is 3.10. The fourth-order valence-electron chi connectivity index (χ4n) is 1.59. The number of carboxylic acids is 1. The van der Waals surface area contributed by atoms with Crippen molar-refractivity contribution in [2.45, 2.75) is 19.4 Å². The number of hydrogen-bond donors (Lipinski definition) is 2. The molecule has 0 aromatic heterocycles. The summed E-state index contributed by atoms with van der Waals surface area (Å²) < 4.78 is 12.9. The Labute approximate surface area is 121 Å². The fourth-order valence-corrected chi connectivity index (χ4v) is 1.92. The number of hydrogen-bond acceptors (Lipinski definition) is 2. The molecule has 1 aromatic rings. The van der Waals surface area contributed by atoms with Crippen molar-refractivity contribution in [3.63, 3.8) is 0 Å². The van der Waals surface area contributed by atoms with Gasteiger partial charge in [0.2, 0.25) is 0 Å². The Morgan fingerprint density at radius 2 is 2.15 bits per heavy atom. The molecule has 1 rings (SSSR count). The van der Waals surface area contributed by atoms with Crippen molar-refractivity contribution < 1.29 is 19.1 Å². The Morgan fingerprint density at radius 1 is 1.50 bits per heavy atom. The van der Waals surface area contributed by atoms with E-state index in [0.717, 1.165) is 0 Å². The molecule has 0 radical (unpaired) electrons. The zero-order valence-corrected chi connectivity index (χ0v) is 11.9. The van der Waals surface area contributed by atoms with E-state index in [1.54, 1.807) is 6.92 Å². The molecule has 0 spiro atoms. The third-order valence-corrected chi connectivity index (χ3v) is 3.10. The molecule has 1 atom stereocenters. The third kappa shape index (κ3) is 4.70. The fraction of sp³-hybridized carbons (Fsp3) is 0.385. The number of carboxylic acid groups (broad SMARTS) is 1. The number of urea groups is 1. The number of aliphatic carboxylic acids is 1. The average Bonchev–Trinajstić information content (AvgIpc) is 2.35. The molecular formula is C13H16ClFN2O3. The van der Waals surface area contributed by atoms with Gasteiger partial charge < -0.3 is 15.3 Å².